The van der Waals surface area contributed by atoms with Crippen molar-refractivity contribution >= 4 is 23.3 Å². The van der Waals surface area contributed by atoms with E-state index in [9.17, 15) is 4.79 Å². The molecular weight excluding hydrogens is 280 g/mol. The van der Waals surface area contributed by atoms with Gasteiger partial charge in [0.2, 0.25) is 0 Å². The van der Waals surface area contributed by atoms with Gasteiger partial charge in [-0.3, -0.25) is 9.48 Å². The van der Waals surface area contributed by atoms with E-state index >= 15 is 0 Å². The number of hydrogen-bond acceptors (Lipinski definition) is 5. The highest BCUT2D eigenvalue weighted by Gasteiger charge is 2.10. The van der Waals surface area contributed by atoms with Gasteiger partial charge < -0.3 is 10.6 Å². The summed E-state index contributed by atoms with van der Waals surface area (Å²) in [5.74, 6) is 0.844. The molecule has 2 rings (SSSR count). The third-order valence-electron chi connectivity index (χ3n) is 2.50. The minimum Gasteiger partial charge on any atom is -0.369 e. The van der Waals surface area contributed by atoms with Crippen LogP contribution in [0.3, 0.4) is 0 Å². The third kappa shape index (κ3) is 3.45. The van der Waals surface area contributed by atoms with Crippen molar-refractivity contribution in [3.05, 3.63) is 35.0 Å². The van der Waals surface area contributed by atoms with Gasteiger partial charge in [-0.2, -0.15) is 5.10 Å². The smallest absolute Gasteiger partial charge is 0.253 e. The number of carbonyl (C=O) groups is 1. The van der Waals surface area contributed by atoms with Crippen LogP contribution in [0.1, 0.15) is 23.1 Å². The van der Waals surface area contributed by atoms with Gasteiger partial charge in [-0.25, -0.2) is 9.97 Å². The lowest BCUT2D eigenvalue weighted by Gasteiger charge is -2.07. The van der Waals surface area contributed by atoms with Crippen molar-refractivity contribution < 1.29 is 4.79 Å². The van der Waals surface area contributed by atoms with E-state index in [0.29, 0.717) is 28.8 Å². The lowest BCUT2D eigenvalue weighted by atomic mass is 10.2. The van der Waals surface area contributed by atoms with Crippen LogP contribution in [0.2, 0.25) is 5.02 Å². The van der Waals surface area contributed by atoms with Gasteiger partial charge in [-0.15, -0.1) is 0 Å². The maximum absolute atomic E-state index is 12.0. The summed E-state index contributed by atoms with van der Waals surface area (Å²) in [6.07, 6.45) is 3.05. The zero-order valence-corrected chi connectivity index (χ0v) is 12.0. The van der Waals surface area contributed by atoms with Crippen molar-refractivity contribution in [1.29, 1.82) is 0 Å². The molecule has 7 nitrogen and oxygen atoms in total. The Morgan fingerprint density at radius 3 is 2.85 bits per heavy atom. The first-order chi connectivity index (χ1) is 9.60. The predicted octanol–water partition coefficient (Wildman–Crippen LogP) is 1.23. The second-order valence-corrected chi connectivity index (χ2v) is 4.51. The van der Waals surface area contributed by atoms with E-state index < -0.39 is 0 Å². The highest BCUT2D eigenvalue weighted by Crippen LogP contribution is 2.19. The van der Waals surface area contributed by atoms with Crippen LogP contribution in [-0.4, -0.2) is 32.2 Å². The number of amides is 1. The molecule has 2 heterocycles. The summed E-state index contributed by atoms with van der Waals surface area (Å²) < 4.78 is 1.57. The fourth-order valence-electron chi connectivity index (χ4n) is 1.59. The highest BCUT2D eigenvalue weighted by atomic mass is 35.5. The fraction of sp³-hybridized carbons (Fsp3) is 0.333. The van der Waals surface area contributed by atoms with Gasteiger partial charge in [0.1, 0.15) is 12.1 Å². The van der Waals surface area contributed by atoms with Crippen LogP contribution in [0, 0.1) is 0 Å². The molecule has 0 bridgehead atoms. The summed E-state index contributed by atoms with van der Waals surface area (Å²) in [4.78, 5) is 20.1. The zero-order chi connectivity index (χ0) is 14.5. The maximum Gasteiger partial charge on any atom is 0.253 e. The quantitative estimate of drug-likeness (QED) is 0.866. The lowest BCUT2D eigenvalue weighted by molar-refractivity contribution is 0.0949. The maximum atomic E-state index is 12.0. The van der Waals surface area contributed by atoms with Gasteiger partial charge in [-0.05, 0) is 13.0 Å². The van der Waals surface area contributed by atoms with E-state index in [1.807, 2.05) is 6.92 Å². The Kier molecular flexibility index (Phi) is 4.52. The standard InChI is InChI=1S/C12H15ClN6O/c1-3-14-11-9(13)4-8(5-15-11)12(20)16-6-10-17-7-19(2)18-10/h4-5,7H,3,6H2,1-2H3,(H,14,15)(H,16,20). The van der Waals surface area contributed by atoms with Crippen LogP contribution < -0.4 is 10.6 Å². The molecule has 0 atom stereocenters. The molecule has 2 aromatic heterocycles. The number of aromatic nitrogens is 4. The largest absolute Gasteiger partial charge is 0.369 e. The van der Waals surface area contributed by atoms with E-state index in [2.05, 4.69) is 25.7 Å². The van der Waals surface area contributed by atoms with Crippen LogP contribution >= 0.6 is 11.6 Å². The molecule has 20 heavy (non-hydrogen) atoms. The Bertz CT molecular complexity index is 612. The Balaban J connectivity index is 2.00. The number of nitrogens with zero attached hydrogens (tertiary/aromatic N) is 4. The van der Waals surface area contributed by atoms with Crippen molar-refractivity contribution in [3.63, 3.8) is 0 Å². The van der Waals surface area contributed by atoms with Crippen molar-refractivity contribution in [3.8, 4) is 0 Å². The number of rotatable bonds is 5. The normalized spacial score (nSPS) is 10.3. The summed E-state index contributed by atoms with van der Waals surface area (Å²) in [5, 5.41) is 10.2. The Hall–Kier alpha value is -2.15. The molecule has 0 unspecified atom stereocenters. The Labute approximate surface area is 121 Å². The summed E-state index contributed by atoms with van der Waals surface area (Å²) in [7, 11) is 1.77. The molecule has 0 aliphatic carbocycles. The molecule has 0 fully saturated rings. The second kappa shape index (κ2) is 6.33. The van der Waals surface area contributed by atoms with Gasteiger partial charge >= 0.3 is 0 Å². The van der Waals surface area contributed by atoms with E-state index in [0.717, 1.165) is 0 Å². The molecule has 2 N–H and O–H groups in total. The molecule has 2 aromatic rings. The fourth-order valence-corrected chi connectivity index (χ4v) is 1.82. The zero-order valence-electron chi connectivity index (χ0n) is 11.2. The van der Waals surface area contributed by atoms with E-state index in [1.165, 1.54) is 6.20 Å². The van der Waals surface area contributed by atoms with Crippen molar-refractivity contribution in [2.24, 2.45) is 7.05 Å². The molecule has 0 saturated heterocycles. The minimum atomic E-state index is -0.269. The van der Waals surface area contributed by atoms with Crippen molar-refractivity contribution in [1.82, 2.24) is 25.1 Å². The molecular formula is C12H15ClN6O. The Morgan fingerprint density at radius 1 is 1.45 bits per heavy atom. The van der Waals surface area contributed by atoms with Gasteiger partial charge in [0.05, 0.1) is 17.1 Å². The SMILES string of the molecule is CCNc1ncc(C(=O)NCc2ncn(C)n2)cc1Cl. The predicted molar refractivity (Wildman–Crippen MR) is 75.6 cm³/mol. The van der Waals surface area contributed by atoms with E-state index in [-0.39, 0.29) is 12.5 Å². The first kappa shape index (κ1) is 14.3. The van der Waals surface area contributed by atoms with Gasteiger partial charge in [0.15, 0.2) is 5.82 Å². The Morgan fingerprint density at radius 2 is 2.25 bits per heavy atom. The van der Waals surface area contributed by atoms with Crippen molar-refractivity contribution in [2.45, 2.75) is 13.5 Å². The van der Waals surface area contributed by atoms with Crippen LogP contribution in [0.4, 0.5) is 5.82 Å². The second-order valence-electron chi connectivity index (χ2n) is 4.10. The highest BCUT2D eigenvalue weighted by molar-refractivity contribution is 6.33. The molecule has 0 spiro atoms. The number of hydrogen-bond donors (Lipinski definition) is 2. The molecule has 0 aliphatic heterocycles. The molecule has 0 aromatic carbocycles. The number of pyridine rings is 1. The lowest BCUT2D eigenvalue weighted by Crippen LogP contribution is -2.23. The van der Waals surface area contributed by atoms with Gasteiger partial charge in [0, 0.05) is 19.8 Å². The molecule has 8 heteroatoms. The van der Waals surface area contributed by atoms with E-state index in [1.54, 1.807) is 24.1 Å². The van der Waals surface area contributed by atoms with Crippen LogP contribution in [0.15, 0.2) is 18.6 Å². The monoisotopic (exact) mass is 294 g/mol. The number of halogens is 1. The van der Waals surface area contributed by atoms with Crippen LogP contribution in [0.25, 0.3) is 0 Å². The minimum absolute atomic E-state index is 0.256. The number of nitrogens with one attached hydrogen (secondary N) is 2. The number of carbonyl (C=O) groups excluding carboxylic acids is 1. The molecule has 0 radical (unpaired) electrons. The van der Waals surface area contributed by atoms with Crippen LogP contribution in [-0.2, 0) is 13.6 Å². The first-order valence-corrected chi connectivity index (χ1v) is 6.50. The summed E-state index contributed by atoms with van der Waals surface area (Å²) >= 11 is 6.04. The average Bonchev–Trinajstić information content (AvgIpc) is 2.84. The first-order valence-electron chi connectivity index (χ1n) is 6.12. The summed E-state index contributed by atoms with van der Waals surface area (Å²) in [6, 6.07) is 1.58. The van der Waals surface area contributed by atoms with Gasteiger partial charge in [-0.1, -0.05) is 11.6 Å². The number of anilines is 1. The van der Waals surface area contributed by atoms with Crippen LogP contribution in [0.5, 0.6) is 0 Å². The summed E-state index contributed by atoms with van der Waals surface area (Å²) in [6.45, 7) is 2.91. The third-order valence-corrected chi connectivity index (χ3v) is 2.79. The topological polar surface area (TPSA) is 84.7 Å². The number of aryl methyl sites for hydroxylation is 1. The summed E-state index contributed by atoms with van der Waals surface area (Å²) in [5.41, 5.74) is 0.396. The molecule has 106 valence electrons. The van der Waals surface area contributed by atoms with Gasteiger partial charge in [0.25, 0.3) is 5.91 Å². The average molecular weight is 295 g/mol. The van der Waals surface area contributed by atoms with Crippen molar-refractivity contribution in [2.75, 3.05) is 11.9 Å². The van der Waals surface area contributed by atoms with E-state index in [4.69, 9.17) is 11.6 Å². The molecule has 0 saturated carbocycles. The molecule has 1 amide bonds. The molecule has 0 aliphatic rings.